The van der Waals surface area contributed by atoms with Gasteiger partial charge in [0.05, 0.1) is 4.90 Å². The molecule has 7 nitrogen and oxygen atoms in total. The Morgan fingerprint density at radius 2 is 1.36 bits per heavy atom. The predicted molar refractivity (Wildman–Crippen MR) is 137 cm³/mol. The summed E-state index contributed by atoms with van der Waals surface area (Å²) in [4.78, 5) is 25.9. The maximum Gasteiger partial charge on any atom is 0.320 e. The van der Waals surface area contributed by atoms with Gasteiger partial charge in [0.1, 0.15) is 12.5 Å². The third kappa shape index (κ3) is 6.56. The van der Waals surface area contributed by atoms with Crippen LogP contribution in [-0.4, -0.2) is 26.8 Å². The van der Waals surface area contributed by atoms with Crippen LogP contribution in [0.25, 0.3) is 10.8 Å². The Hall–Kier alpha value is -4.01. The summed E-state index contributed by atoms with van der Waals surface area (Å²) in [6.07, 6.45) is 0. The van der Waals surface area contributed by atoms with Crippen molar-refractivity contribution >= 4 is 32.7 Å². The maximum atomic E-state index is 13.0. The van der Waals surface area contributed by atoms with Crippen molar-refractivity contribution in [1.82, 2.24) is 10.0 Å². The van der Waals surface area contributed by atoms with Gasteiger partial charge in [-0.3, -0.25) is 9.59 Å². The number of nitrogens with one attached hydrogen (secondary N) is 2. The number of amides is 1. The molecule has 0 aliphatic heterocycles. The molecule has 1 unspecified atom stereocenters. The number of hydrogen-bond donors (Lipinski definition) is 2. The van der Waals surface area contributed by atoms with Crippen LogP contribution in [-0.2, 0) is 37.5 Å². The van der Waals surface area contributed by atoms with Crippen molar-refractivity contribution in [2.75, 3.05) is 6.54 Å². The zero-order valence-corrected chi connectivity index (χ0v) is 20.3. The molecule has 0 saturated carbocycles. The van der Waals surface area contributed by atoms with Crippen LogP contribution in [0.5, 0.6) is 0 Å². The van der Waals surface area contributed by atoms with E-state index >= 15 is 0 Å². The monoisotopic (exact) mass is 502 g/mol. The fourth-order valence-corrected chi connectivity index (χ4v) is 4.71. The molecule has 0 saturated heterocycles. The van der Waals surface area contributed by atoms with Gasteiger partial charge < -0.3 is 10.1 Å². The molecule has 8 heteroatoms. The number of fused-ring (bicyclic) bond motifs is 1. The third-order valence-electron chi connectivity index (χ3n) is 5.64. The predicted octanol–water partition coefficient (Wildman–Crippen LogP) is 3.79. The van der Waals surface area contributed by atoms with E-state index in [9.17, 15) is 18.0 Å². The molecule has 2 N–H and O–H groups in total. The molecule has 184 valence electrons. The zero-order chi connectivity index (χ0) is 25.4. The van der Waals surface area contributed by atoms with E-state index in [1.54, 1.807) is 24.3 Å². The van der Waals surface area contributed by atoms with Gasteiger partial charge in [0, 0.05) is 13.1 Å². The Labute approximate surface area is 210 Å². The summed E-state index contributed by atoms with van der Waals surface area (Å²) in [5.41, 5.74) is 1.60. The number of sulfonamides is 1. The van der Waals surface area contributed by atoms with Crippen LogP contribution in [0.15, 0.2) is 108 Å². The van der Waals surface area contributed by atoms with Gasteiger partial charge in [0.15, 0.2) is 0 Å². The van der Waals surface area contributed by atoms with Crippen LogP contribution in [0, 0.1) is 5.92 Å². The average molecular weight is 503 g/mol. The summed E-state index contributed by atoms with van der Waals surface area (Å²) < 4.78 is 33.7. The lowest BCUT2D eigenvalue weighted by molar-refractivity contribution is -0.153. The van der Waals surface area contributed by atoms with E-state index in [1.807, 2.05) is 72.8 Å². The summed E-state index contributed by atoms with van der Waals surface area (Å²) >= 11 is 0. The first-order valence-electron chi connectivity index (χ1n) is 11.4. The number of ether oxygens (including phenoxy) is 1. The van der Waals surface area contributed by atoms with Gasteiger partial charge >= 0.3 is 5.97 Å². The second-order valence-corrected chi connectivity index (χ2v) is 9.98. The molecular formula is C28H26N2O5S. The first-order chi connectivity index (χ1) is 17.4. The average Bonchev–Trinajstić information content (AvgIpc) is 2.91. The standard InChI is InChI=1S/C28H26N2O5S/c31-27(29-18-21-9-3-1-4-10-21)26(28(32)35-20-22-11-5-2-6-12-22)19-30-36(33,34)25-16-15-23-13-7-8-14-24(23)17-25/h1-17,26,30H,18-20H2,(H,29,31). The molecule has 36 heavy (non-hydrogen) atoms. The SMILES string of the molecule is O=C(NCc1ccccc1)C(CNS(=O)(=O)c1ccc2ccccc2c1)C(=O)OCc1ccccc1. The molecule has 0 radical (unpaired) electrons. The van der Waals surface area contributed by atoms with E-state index in [2.05, 4.69) is 10.0 Å². The van der Waals surface area contributed by atoms with Gasteiger partial charge in [-0.1, -0.05) is 91.0 Å². The minimum absolute atomic E-state index is 0.0282. The Morgan fingerprint density at radius 3 is 2.06 bits per heavy atom. The highest BCUT2D eigenvalue weighted by Crippen LogP contribution is 2.19. The van der Waals surface area contributed by atoms with Crippen LogP contribution in [0.2, 0.25) is 0 Å². The summed E-state index contributed by atoms with van der Waals surface area (Å²) in [6.45, 7) is -0.275. The van der Waals surface area contributed by atoms with Crippen LogP contribution in [0.1, 0.15) is 11.1 Å². The van der Waals surface area contributed by atoms with Crippen LogP contribution >= 0.6 is 0 Å². The van der Waals surface area contributed by atoms with Crippen molar-refractivity contribution in [3.05, 3.63) is 114 Å². The Morgan fingerprint density at radius 1 is 0.750 bits per heavy atom. The second-order valence-electron chi connectivity index (χ2n) is 8.21. The van der Waals surface area contributed by atoms with Crippen molar-refractivity contribution < 1.29 is 22.7 Å². The van der Waals surface area contributed by atoms with Gasteiger partial charge in [-0.2, -0.15) is 0 Å². The molecule has 1 atom stereocenters. The largest absolute Gasteiger partial charge is 0.460 e. The van der Waals surface area contributed by atoms with Crippen molar-refractivity contribution in [2.45, 2.75) is 18.0 Å². The summed E-state index contributed by atoms with van der Waals surface area (Å²) in [7, 11) is -3.99. The van der Waals surface area contributed by atoms with Crippen LogP contribution in [0.4, 0.5) is 0 Å². The van der Waals surface area contributed by atoms with Gasteiger partial charge in [-0.05, 0) is 34.0 Å². The number of rotatable bonds is 10. The minimum Gasteiger partial charge on any atom is -0.460 e. The number of hydrogen-bond acceptors (Lipinski definition) is 5. The molecule has 0 bridgehead atoms. The quantitative estimate of drug-likeness (QED) is 0.254. The maximum absolute atomic E-state index is 13.0. The lowest BCUT2D eigenvalue weighted by Gasteiger charge is -2.17. The highest BCUT2D eigenvalue weighted by molar-refractivity contribution is 7.89. The molecule has 4 rings (SSSR count). The normalized spacial score (nSPS) is 12.1. The molecule has 4 aromatic carbocycles. The van der Waals surface area contributed by atoms with E-state index in [1.165, 1.54) is 6.07 Å². The molecule has 0 aliphatic rings. The molecule has 4 aromatic rings. The topological polar surface area (TPSA) is 102 Å². The first-order valence-corrected chi connectivity index (χ1v) is 12.9. The number of carbonyl (C=O) groups excluding carboxylic acids is 2. The third-order valence-corrected chi connectivity index (χ3v) is 7.06. The molecule has 1 amide bonds. The Kier molecular flexibility index (Phi) is 8.10. The molecule has 0 aromatic heterocycles. The lowest BCUT2D eigenvalue weighted by atomic mass is 10.1. The fourth-order valence-electron chi connectivity index (χ4n) is 3.63. The van der Waals surface area contributed by atoms with Gasteiger partial charge in [-0.25, -0.2) is 13.1 Å². The number of carbonyl (C=O) groups is 2. The van der Waals surface area contributed by atoms with Gasteiger partial charge in [0.25, 0.3) is 0 Å². The minimum atomic E-state index is -3.99. The first kappa shape index (κ1) is 25.1. The highest BCUT2D eigenvalue weighted by atomic mass is 32.2. The van der Waals surface area contributed by atoms with E-state index in [0.29, 0.717) is 0 Å². The molecule has 0 spiro atoms. The smallest absolute Gasteiger partial charge is 0.320 e. The van der Waals surface area contributed by atoms with Gasteiger partial charge in [0.2, 0.25) is 15.9 Å². The van der Waals surface area contributed by atoms with Crippen LogP contribution < -0.4 is 10.0 Å². The van der Waals surface area contributed by atoms with E-state index in [4.69, 9.17) is 4.74 Å². The van der Waals surface area contributed by atoms with Crippen molar-refractivity contribution in [2.24, 2.45) is 5.92 Å². The molecule has 0 heterocycles. The number of benzene rings is 4. The van der Waals surface area contributed by atoms with Crippen molar-refractivity contribution in [3.63, 3.8) is 0 Å². The van der Waals surface area contributed by atoms with Crippen molar-refractivity contribution in [1.29, 1.82) is 0 Å². The molecule has 0 fully saturated rings. The van der Waals surface area contributed by atoms with Crippen molar-refractivity contribution in [3.8, 4) is 0 Å². The summed E-state index contributed by atoms with van der Waals surface area (Å²) in [5, 5.41) is 4.37. The molecular weight excluding hydrogens is 476 g/mol. The lowest BCUT2D eigenvalue weighted by Crippen LogP contribution is -2.43. The zero-order valence-electron chi connectivity index (χ0n) is 19.5. The fraction of sp³-hybridized carbons (Fsp3) is 0.143. The Bertz CT molecular complexity index is 1390. The van der Waals surface area contributed by atoms with E-state index < -0.39 is 34.4 Å². The number of esters is 1. The second kappa shape index (κ2) is 11.6. The highest BCUT2D eigenvalue weighted by Gasteiger charge is 2.30. The summed E-state index contributed by atoms with van der Waals surface area (Å²) in [5.74, 6) is -2.81. The summed E-state index contributed by atoms with van der Waals surface area (Å²) in [6, 6.07) is 30.4. The van der Waals surface area contributed by atoms with E-state index in [-0.39, 0.29) is 18.0 Å². The van der Waals surface area contributed by atoms with Gasteiger partial charge in [-0.15, -0.1) is 0 Å². The van der Waals surface area contributed by atoms with Crippen LogP contribution in [0.3, 0.4) is 0 Å². The Balaban J connectivity index is 1.48. The molecule has 0 aliphatic carbocycles. The van der Waals surface area contributed by atoms with E-state index in [0.717, 1.165) is 21.9 Å².